The van der Waals surface area contributed by atoms with Crippen molar-refractivity contribution in [1.82, 2.24) is 10.3 Å². The molecule has 1 heterocycles. The summed E-state index contributed by atoms with van der Waals surface area (Å²) in [6.45, 7) is 8.01. The Morgan fingerprint density at radius 1 is 1.18 bits per heavy atom. The first-order valence-electron chi connectivity index (χ1n) is 7.89. The van der Waals surface area contributed by atoms with E-state index in [1.54, 1.807) is 6.20 Å². The lowest BCUT2D eigenvalue weighted by Crippen LogP contribution is -3.11. The van der Waals surface area contributed by atoms with Crippen molar-refractivity contribution in [3.63, 3.8) is 0 Å². The van der Waals surface area contributed by atoms with Crippen molar-refractivity contribution < 1.29 is 14.5 Å². The average Bonchev–Trinajstić information content (AvgIpc) is 2.98. The molecule has 0 aliphatic carbocycles. The van der Waals surface area contributed by atoms with Gasteiger partial charge in [0.25, 0.3) is 11.7 Å². The maximum atomic E-state index is 12.2. The zero-order valence-corrected chi connectivity index (χ0v) is 13.2. The number of hydrogen-bond donors (Lipinski definition) is 3. The molecule has 0 atom stereocenters. The van der Waals surface area contributed by atoms with Crippen molar-refractivity contribution >= 4 is 22.6 Å². The fourth-order valence-electron chi connectivity index (χ4n) is 2.61. The number of carbonyl (C=O) groups is 2. The van der Waals surface area contributed by atoms with Gasteiger partial charge >= 0.3 is 0 Å². The number of hydrogen-bond acceptors (Lipinski definition) is 2. The Kier molecular flexibility index (Phi) is 5.72. The highest BCUT2D eigenvalue weighted by atomic mass is 16.2. The Morgan fingerprint density at radius 2 is 1.91 bits per heavy atom. The smallest absolute Gasteiger partial charge is 0.292 e. The second-order valence-electron chi connectivity index (χ2n) is 5.39. The number of para-hydroxylation sites is 1. The summed E-state index contributed by atoms with van der Waals surface area (Å²) < 4.78 is 0. The molecule has 5 heteroatoms. The normalized spacial score (nSPS) is 11.0. The van der Waals surface area contributed by atoms with E-state index in [2.05, 4.69) is 24.1 Å². The Labute approximate surface area is 130 Å². The number of aromatic amines is 1. The highest BCUT2D eigenvalue weighted by Crippen LogP contribution is 2.17. The van der Waals surface area contributed by atoms with Crippen LogP contribution in [-0.2, 0) is 4.79 Å². The number of amides is 1. The van der Waals surface area contributed by atoms with Crippen LogP contribution in [0.5, 0.6) is 0 Å². The predicted octanol–water partition coefficient (Wildman–Crippen LogP) is 0.782. The van der Waals surface area contributed by atoms with Crippen LogP contribution in [0.25, 0.3) is 10.9 Å². The summed E-state index contributed by atoms with van der Waals surface area (Å²) in [5, 5.41) is 3.51. The number of quaternary nitrogens is 1. The molecule has 0 bridgehead atoms. The largest absolute Gasteiger partial charge is 0.360 e. The van der Waals surface area contributed by atoms with Crippen LogP contribution in [0.15, 0.2) is 30.5 Å². The van der Waals surface area contributed by atoms with Crippen molar-refractivity contribution in [2.75, 3.05) is 26.2 Å². The van der Waals surface area contributed by atoms with Crippen LogP contribution in [0.3, 0.4) is 0 Å². The molecule has 0 aliphatic heterocycles. The molecule has 2 rings (SSSR count). The highest BCUT2D eigenvalue weighted by molar-refractivity contribution is 6.44. The van der Waals surface area contributed by atoms with Crippen LogP contribution in [0.2, 0.25) is 0 Å². The first kappa shape index (κ1) is 16.2. The lowest BCUT2D eigenvalue weighted by molar-refractivity contribution is -0.896. The van der Waals surface area contributed by atoms with Gasteiger partial charge in [0.1, 0.15) is 0 Å². The van der Waals surface area contributed by atoms with Gasteiger partial charge in [-0.2, -0.15) is 0 Å². The van der Waals surface area contributed by atoms with E-state index in [1.807, 2.05) is 24.3 Å². The van der Waals surface area contributed by atoms with Gasteiger partial charge in [-0.05, 0) is 19.9 Å². The fraction of sp³-hybridized carbons (Fsp3) is 0.412. The number of nitrogens with one attached hydrogen (secondary N) is 3. The number of aromatic nitrogens is 1. The molecule has 0 saturated heterocycles. The van der Waals surface area contributed by atoms with E-state index >= 15 is 0 Å². The van der Waals surface area contributed by atoms with E-state index in [4.69, 9.17) is 0 Å². The summed E-state index contributed by atoms with van der Waals surface area (Å²) >= 11 is 0. The molecule has 0 fully saturated rings. The van der Waals surface area contributed by atoms with Crippen LogP contribution in [0.1, 0.15) is 30.6 Å². The molecule has 1 aromatic carbocycles. The van der Waals surface area contributed by atoms with Crippen molar-refractivity contribution in [3.05, 3.63) is 36.0 Å². The van der Waals surface area contributed by atoms with Crippen LogP contribution in [-0.4, -0.2) is 42.9 Å². The van der Waals surface area contributed by atoms with Crippen molar-refractivity contribution in [2.24, 2.45) is 0 Å². The van der Waals surface area contributed by atoms with Gasteiger partial charge < -0.3 is 15.2 Å². The van der Waals surface area contributed by atoms with Crippen LogP contribution >= 0.6 is 0 Å². The SMILES string of the molecule is CC[NH+](CC)CCCNC(=O)C(=O)c1c[nH]c2ccccc12. The minimum Gasteiger partial charge on any atom is -0.360 e. The third-order valence-corrected chi connectivity index (χ3v) is 4.03. The van der Waals surface area contributed by atoms with E-state index in [0.717, 1.165) is 37.0 Å². The first-order chi connectivity index (χ1) is 10.7. The summed E-state index contributed by atoms with van der Waals surface area (Å²) in [7, 11) is 0. The number of carbonyl (C=O) groups excluding carboxylic acids is 2. The molecule has 0 aliphatic rings. The molecule has 0 spiro atoms. The van der Waals surface area contributed by atoms with Gasteiger partial charge in [-0.1, -0.05) is 18.2 Å². The molecule has 1 aromatic heterocycles. The average molecular weight is 302 g/mol. The first-order valence-corrected chi connectivity index (χ1v) is 7.89. The zero-order chi connectivity index (χ0) is 15.9. The molecule has 0 unspecified atom stereocenters. The summed E-state index contributed by atoms with van der Waals surface area (Å²) in [5.41, 5.74) is 1.30. The number of H-pyrrole nitrogens is 1. The number of Topliss-reactive ketones (excluding diaryl/α,β-unsaturated/α-hetero) is 1. The number of benzene rings is 1. The number of rotatable bonds is 8. The van der Waals surface area contributed by atoms with Gasteiger partial charge in [-0.25, -0.2) is 0 Å². The fourth-order valence-corrected chi connectivity index (χ4v) is 2.61. The molecule has 0 saturated carbocycles. The summed E-state index contributed by atoms with van der Waals surface area (Å²) in [4.78, 5) is 28.7. The topological polar surface area (TPSA) is 66.4 Å². The Bertz CT molecular complexity index is 644. The third kappa shape index (κ3) is 3.74. The second-order valence-corrected chi connectivity index (χ2v) is 5.39. The van der Waals surface area contributed by atoms with E-state index in [-0.39, 0.29) is 0 Å². The van der Waals surface area contributed by atoms with Crippen LogP contribution in [0, 0.1) is 0 Å². The van der Waals surface area contributed by atoms with Gasteiger partial charge in [0.15, 0.2) is 0 Å². The molecule has 2 aromatic rings. The number of fused-ring (bicyclic) bond motifs is 1. The van der Waals surface area contributed by atoms with Crippen LogP contribution in [0.4, 0.5) is 0 Å². The van der Waals surface area contributed by atoms with E-state index in [0.29, 0.717) is 12.1 Å². The Balaban J connectivity index is 1.89. The molecule has 1 amide bonds. The monoisotopic (exact) mass is 302 g/mol. The Morgan fingerprint density at radius 3 is 2.64 bits per heavy atom. The standard InChI is InChI=1S/C17H23N3O2/c1-3-20(4-2)11-7-10-18-17(22)16(21)14-12-19-15-9-6-5-8-13(14)15/h5-6,8-9,12,19H,3-4,7,10-11H2,1-2H3,(H,18,22)/p+1. The second kappa shape index (κ2) is 7.75. The molecule has 118 valence electrons. The maximum Gasteiger partial charge on any atom is 0.292 e. The van der Waals surface area contributed by atoms with E-state index in [1.165, 1.54) is 4.90 Å². The van der Waals surface area contributed by atoms with Gasteiger partial charge in [0.05, 0.1) is 25.2 Å². The maximum absolute atomic E-state index is 12.2. The van der Waals surface area contributed by atoms with Crippen LogP contribution < -0.4 is 10.2 Å². The summed E-state index contributed by atoms with van der Waals surface area (Å²) in [5.74, 6) is -1.01. The van der Waals surface area contributed by atoms with Gasteiger partial charge in [-0.15, -0.1) is 0 Å². The lowest BCUT2D eigenvalue weighted by Gasteiger charge is -2.14. The Hall–Kier alpha value is -2.14. The van der Waals surface area contributed by atoms with Crippen molar-refractivity contribution in [2.45, 2.75) is 20.3 Å². The highest BCUT2D eigenvalue weighted by Gasteiger charge is 2.19. The molecule has 0 radical (unpaired) electrons. The molecular formula is C17H24N3O2+. The number of ketones is 1. The zero-order valence-electron chi connectivity index (χ0n) is 13.2. The van der Waals surface area contributed by atoms with E-state index < -0.39 is 11.7 Å². The minimum atomic E-state index is -0.528. The molecule has 5 nitrogen and oxygen atoms in total. The summed E-state index contributed by atoms with van der Waals surface area (Å²) in [6, 6.07) is 7.48. The molecule has 22 heavy (non-hydrogen) atoms. The predicted molar refractivity (Wildman–Crippen MR) is 87.2 cm³/mol. The lowest BCUT2D eigenvalue weighted by atomic mass is 10.1. The summed E-state index contributed by atoms with van der Waals surface area (Å²) in [6.07, 6.45) is 2.48. The minimum absolute atomic E-state index is 0.433. The van der Waals surface area contributed by atoms with Gasteiger partial charge in [0, 0.05) is 30.1 Å². The third-order valence-electron chi connectivity index (χ3n) is 4.03. The molecular weight excluding hydrogens is 278 g/mol. The van der Waals surface area contributed by atoms with Crippen molar-refractivity contribution in [3.8, 4) is 0 Å². The quantitative estimate of drug-likeness (QED) is 0.383. The van der Waals surface area contributed by atoms with E-state index in [9.17, 15) is 9.59 Å². The molecule has 3 N–H and O–H groups in total. The van der Waals surface area contributed by atoms with Gasteiger partial charge in [0.2, 0.25) is 0 Å². The van der Waals surface area contributed by atoms with Gasteiger partial charge in [-0.3, -0.25) is 9.59 Å². The van der Waals surface area contributed by atoms with Crippen molar-refractivity contribution in [1.29, 1.82) is 0 Å².